The molecule has 8 nitrogen and oxygen atoms in total. The molecule has 0 bridgehead atoms. The maximum Gasteiger partial charge on any atom is 0.246 e. The van der Waals surface area contributed by atoms with Crippen LogP contribution in [0.1, 0.15) is 0 Å². The van der Waals surface area contributed by atoms with Gasteiger partial charge in [0.15, 0.2) is 5.82 Å². The Balaban J connectivity index is 1.57. The summed E-state index contributed by atoms with van der Waals surface area (Å²) >= 11 is 0. The number of rotatable bonds is 4. The van der Waals surface area contributed by atoms with Gasteiger partial charge in [0.05, 0.1) is 11.2 Å². The van der Waals surface area contributed by atoms with Crippen molar-refractivity contribution in [3.05, 3.63) is 61.1 Å². The molecule has 1 aromatic carbocycles. The minimum Gasteiger partial charge on any atom is -0.321 e. The van der Waals surface area contributed by atoms with E-state index in [1.54, 1.807) is 46.2 Å². The first-order valence-electron chi connectivity index (χ1n) is 7.34. The second-order valence-electron chi connectivity index (χ2n) is 5.11. The van der Waals surface area contributed by atoms with E-state index in [1.807, 2.05) is 24.3 Å². The molecule has 0 aliphatic carbocycles. The van der Waals surface area contributed by atoms with Crippen LogP contribution in [0.3, 0.4) is 0 Å². The van der Waals surface area contributed by atoms with Crippen molar-refractivity contribution < 1.29 is 4.79 Å². The van der Waals surface area contributed by atoms with Crippen molar-refractivity contribution in [3.8, 4) is 5.82 Å². The van der Waals surface area contributed by atoms with E-state index < -0.39 is 0 Å². The SMILES string of the molecule is O=C(Cn1nnc2ccccc21)Nc1cccnc1-n1cccn1. The summed E-state index contributed by atoms with van der Waals surface area (Å²) in [6.45, 7) is 0.0634. The van der Waals surface area contributed by atoms with Crippen molar-refractivity contribution in [2.45, 2.75) is 6.54 Å². The van der Waals surface area contributed by atoms with Gasteiger partial charge in [-0.05, 0) is 30.3 Å². The van der Waals surface area contributed by atoms with E-state index >= 15 is 0 Å². The summed E-state index contributed by atoms with van der Waals surface area (Å²) in [6, 6.07) is 12.8. The Kier molecular flexibility index (Phi) is 3.47. The summed E-state index contributed by atoms with van der Waals surface area (Å²) < 4.78 is 3.16. The molecule has 1 amide bonds. The summed E-state index contributed by atoms with van der Waals surface area (Å²) in [5.41, 5.74) is 2.14. The standard InChI is InChI=1S/C16H13N7O/c24-15(11-23-14-7-2-1-5-12(14)20-21-23)19-13-6-3-8-17-16(13)22-10-4-9-18-22/h1-10H,11H2,(H,19,24). The number of hydrogen-bond acceptors (Lipinski definition) is 5. The molecule has 0 radical (unpaired) electrons. The Morgan fingerprint density at radius 3 is 2.88 bits per heavy atom. The summed E-state index contributed by atoms with van der Waals surface area (Å²) in [6.07, 6.45) is 5.07. The van der Waals surface area contributed by atoms with Crippen LogP contribution in [-0.2, 0) is 11.3 Å². The first kappa shape index (κ1) is 14.1. The Labute approximate surface area is 136 Å². The van der Waals surface area contributed by atoms with Crippen LogP contribution in [0.5, 0.6) is 0 Å². The molecule has 0 aliphatic heterocycles. The van der Waals surface area contributed by atoms with Crippen LogP contribution in [0.25, 0.3) is 16.9 Å². The molecule has 0 spiro atoms. The van der Waals surface area contributed by atoms with E-state index in [9.17, 15) is 4.79 Å². The van der Waals surface area contributed by atoms with E-state index in [4.69, 9.17) is 0 Å². The zero-order valence-electron chi connectivity index (χ0n) is 12.6. The summed E-state index contributed by atoms with van der Waals surface area (Å²) in [4.78, 5) is 16.7. The number of para-hydroxylation sites is 1. The third kappa shape index (κ3) is 2.60. The maximum absolute atomic E-state index is 12.4. The highest BCUT2D eigenvalue weighted by Crippen LogP contribution is 2.16. The molecule has 0 saturated carbocycles. The van der Waals surface area contributed by atoms with Crippen LogP contribution in [0.2, 0.25) is 0 Å². The number of aromatic nitrogens is 6. The van der Waals surface area contributed by atoms with Gasteiger partial charge in [-0.2, -0.15) is 5.10 Å². The number of hydrogen-bond donors (Lipinski definition) is 1. The van der Waals surface area contributed by atoms with Crippen LogP contribution < -0.4 is 5.32 Å². The molecule has 4 aromatic rings. The molecular formula is C16H13N7O. The van der Waals surface area contributed by atoms with Crippen molar-refractivity contribution in [1.29, 1.82) is 0 Å². The van der Waals surface area contributed by atoms with Gasteiger partial charge in [0.25, 0.3) is 0 Å². The van der Waals surface area contributed by atoms with Crippen molar-refractivity contribution >= 4 is 22.6 Å². The first-order valence-corrected chi connectivity index (χ1v) is 7.34. The molecule has 4 rings (SSSR count). The average Bonchev–Trinajstić information content (AvgIpc) is 3.26. The van der Waals surface area contributed by atoms with Gasteiger partial charge in [0.1, 0.15) is 12.1 Å². The number of nitrogens with one attached hydrogen (secondary N) is 1. The number of carbonyl (C=O) groups excluding carboxylic acids is 1. The van der Waals surface area contributed by atoms with Crippen LogP contribution >= 0.6 is 0 Å². The Hall–Kier alpha value is -3.55. The second kappa shape index (κ2) is 5.92. The largest absolute Gasteiger partial charge is 0.321 e. The van der Waals surface area contributed by atoms with Gasteiger partial charge >= 0.3 is 0 Å². The quantitative estimate of drug-likeness (QED) is 0.617. The molecule has 0 unspecified atom stereocenters. The number of carbonyl (C=O) groups is 1. The lowest BCUT2D eigenvalue weighted by Gasteiger charge is -2.10. The predicted molar refractivity (Wildman–Crippen MR) is 87.5 cm³/mol. The number of nitrogens with zero attached hydrogens (tertiary/aromatic N) is 6. The number of amides is 1. The zero-order valence-corrected chi connectivity index (χ0v) is 12.6. The fraction of sp³-hybridized carbons (Fsp3) is 0.0625. The fourth-order valence-corrected chi connectivity index (χ4v) is 2.43. The molecule has 24 heavy (non-hydrogen) atoms. The number of benzene rings is 1. The normalized spacial score (nSPS) is 10.8. The van der Waals surface area contributed by atoms with Gasteiger partial charge < -0.3 is 5.32 Å². The van der Waals surface area contributed by atoms with Gasteiger partial charge in [0.2, 0.25) is 5.91 Å². The highest BCUT2D eigenvalue weighted by molar-refractivity contribution is 5.92. The predicted octanol–water partition coefficient (Wildman–Crippen LogP) is 1.65. The van der Waals surface area contributed by atoms with Gasteiger partial charge in [-0.3, -0.25) is 4.79 Å². The van der Waals surface area contributed by atoms with Crippen molar-refractivity contribution in [2.75, 3.05) is 5.32 Å². The van der Waals surface area contributed by atoms with E-state index in [1.165, 1.54) is 0 Å². The molecule has 0 atom stereocenters. The number of anilines is 1. The lowest BCUT2D eigenvalue weighted by Crippen LogP contribution is -2.20. The molecule has 118 valence electrons. The van der Waals surface area contributed by atoms with Crippen LogP contribution in [0, 0.1) is 0 Å². The molecule has 8 heteroatoms. The van der Waals surface area contributed by atoms with Gasteiger partial charge in [-0.1, -0.05) is 17.3 Å². The van der Waals surface area contributed by atoms with Gasteiger partial charge in [0, 0.05) is 18.6 Å². The molecule has 0 saturated heterocycles. The number of fused-ring (bicyclic) bond motifs is 1. The smallest absolute Gasteiger partial charge is 0.246 e. The Bertz CT molecular complexity index is 991. The summed E-state index contributed by atoms with van der Waals surface area (Å²) in [7, 11) is 0. The topological polar surface area (TPSA) is 90.5 Å². The first-order chi connectivity index (χ1) is 11.8. The van der Waals surface area contributed by atoms with Crippen LogP contribution in [0.15, 0.2) is 61.1 Å². The third-order valence-electron chi connectivity index (χ3n) is 3.50. The monoisotopic (exact) mass is 319 g/mol. The molecule has 3 heterocycles. The molecular weight excluding hydrogens is 306 g/mol. The third-order valence-corrected chi connectivity index (χ3v) is 3.50. The van der Waals surface area contributed by atoms with Crippen molar-refractivity contribution in [3.63, 3.8) is 0 Å². The Morgan fingerprint density at radius 2 is 2.00 bits per heavy atom. The summed E-state index contributed by atoms with van der Waals surface area (Å²) in [5, 5.41) is 15.1. The lowest BCUT2D eigenvalue weighted by molar-refractivity contribution is -0.116. The summed E-state index contributed by atoms with van der Waals surface area (Å²) in [5.74, 6) is 0.339. The van der Waals surface area contributed by atoms with E-state index in [0.29, 0.717) is 11.5 Å². The van der Waals surface area contributed by atoms with Gasteiger partial charge in [-0.25, -0.2) is 14.3 Å². The molecule has 0 aliphatic rings. The minimum absolute atomic E-state index is 0.0634. The van der Waals surface area contributed by atoms with Crippen LogP contribution in [-0.4, -0.2) is 35.7 Å². The maximum atomic E-state index is 12.4. The lowest BCUT2D eigenvalue weighted by atomic mass is 10.3. The highest BCUT2D eigenvalue weighted by atomic mass is 16.2. The van der Waals surface area contributed by atoms with Crippen LogP contribution in [0.4, 0.5) is 5.69 Å². The zero-order chi connectivity index (χ0) is 16.4. The van der Waals surface area contributed by atoms with Gasteiger partial charge in [-0.15, -0.1) is 5.10 Å². The average molecular weight is 319 g/mol. The van der Waals surface area contributed by atoms with E-state index in [0.717, 1.165) is 11.0 Å². The van der Waals surface area contributed by atoms with Crippen molar-refractivity contribution in [1.82, 2.24) is 29.8 Å². The second-order valence-corrected chi connectivity index (χ2v) is 5.11. The van der Waals surface area contributed by atoms with Crippen molar-refractivity contribution in [2.24, 2.45) is 0 Å². The number of pyridine rings is 1. The molecule has 3 aromatic heterocycles. The fourth-order valence-electron chi connectivity index (χ4n) is 2.43. The molecule has 1 N–H and O–H groups in total. The molecule has 0 fully saturated rings. The Morgan fingerprint density at radius 1 is 1.08 bits per heavy atom. The minimum atomic E-state index is -0.216. The van der Waals surface area contributed by atoms with E-state index in [2.05, 4.69) is 25.7 Å². The van der Waals surface area contributed by atoms with E-state index in [-0.39, 0.29) is 12.5 Å². The highest BCUT2D eigenvalue weighted by Gasteiger charge is 2.12.